The lowest BCUT2D eigenvalue weighted by Gasteiger charge is -2.23. The highest BCUT2D eigenvalue weighted by molar-refractivity contribution is 6.04. The molecule has 1 aliphatic carbocycles. The van der Waals surface area contributed by atoms with Gasteiger partial charge < -0.3 is 21.1 Å². The molecule has 9 nitrogen and oxygen atoms in total. The molecule has 170 valence electrons. The molecule has 0 aliphatic heterocycles. The number of aryl methyl sites for hydroxylation is 1. The fourth-order valence-corrected chi connectivity index (χ4v) is 3.71. The largest absolute Gasteiger partial charge is 0.391 e. The van der Waals surface area contributed by atoms with Gasteiger partial charge in [0.2, 0.25) is 0 Å². The Balaban J connectivity index is 1.69. The van der Waals surface area contributed by atoms with Crippen LogP contribution in [-0.2, 0) is 6.42 Å². The Hall–Kier alpha value is -3.20. The second kappa shape index (κ2) is 9.52. The van der Waals surface area contributed by atoms with Crippen LogP contribution in [0.15, 0.2) is 30.7 Å². The van der Waals surface area contributed by atoms with E-state index in [4.69, 9.17) is 0 Å². The highest BCUT2D eigenvalue weighted by Crippen LogP contribution is 2.29. The number of nitrogens with one attached hydrogen (secondary N) is 3. The van der Waals surface area contributed by atoms with Crippen molar-refractivity contribution >= 4 is 28.7 Å². The maximum absolute atomic E-state index is 13.1. The van der Waals surface area contributed by atoms with Gasteiger partial charge >= 0.3 is 0 Å². The number of aromatic nitrogens is 4. The Morgan fingerprint density at radius 1 is 1.22 bits per heavy atom. The Morgan fingerprint density at radius 3 is 2.72 bits per heavy atom. The molecule has 0 saturated heterocycles. The fraction of sp³-hybridized carbons (Fsp3) is 0.478. The van der Waals surface area contributed by atoms with Crippen LogP contribution in [0.5, 0.6) is 0 Å². The molecule has 3 aromatic heterocycles. The van der Waals surface area contributed by atoms with Crippen LogP contribution >= 0.6 is 0 Å². The molecule has 1 amide bonds. The third-order valence-corrected chi connectivity index (χ3v) is 5.83. The summed E-state index contributed by atoms with van der Waals surface area (Å²) in [6.45, 7) is 5.99. The molecule has 9 heteroatoms. The molecule has 3 aromatic rings. The summed E-state index contributed by atoms with van der Waals surface area (Å²) >= 11 is 0. The van der Waals surface area contributed by atoms with E-state index in [1.54, 1.807) is 29.2 Å². The van der Waals surface area contributed by atoms with Crippen molar-refractivity contribution in [2.45, 2.75) is 71.1 Å². The summed E-state index contributed by atoms with van der Waals surface area (Å²) in [5, 5.41) is 24.8. The smallest absolute Gasteiger partial charge is 0.276 e. The van der Waals surface area contributed by atoms with Crippen LogP contribution in [0.4, 0.5) is 17.2 Å². The first-order valence-electron chi connectivity index (χ1n) is 11.4. The van der Waals surface area contributed by atoms with Gasteiger partial charge in [-0.05, 0) is 43.7 Å². The van der Waals surface area contributed by atoms with Crippen LogP contribution in [0.25, 0.3) is 5.65 Å². The molecule has 0 bridgehead atoms. The summed E-state index contributed by atoms with van der Waals surface area (Å²) in [4.78, 5) is 21.7. The molecule has 1 aliphatic rings. The number of carbonyl (C=O) groups excluding carboxylic acids is 1. The third kappa shape index (κ3) is 4.67. The molecule has 0 aromatic carbocycles. The van der Waals surface area contributed by atoms with Crippen molar-refractivity contribution in [3.8, 4) is 0 Å². The molecule has 4 N–H and O–H groups in total. The maximum Gasteiger partial charge on any atom is 0.276 e. The minimum atomic E-state index is -0.484. The Morgan fingerprint density at radius 2 is 2.03 bits per heavy atom. The van der Waals surface area contributed by atoms with E-state index < -0.39 is 6.10 Å². The average Bonchev–Trinajstić information content (AvgIpc) is 3.52. The zero-order chi connectivity index (χ0) is 22.7. The molecular formula is C23H31N7O2. The second-order valence-corrected chi connectivity index (χ2v) is 8.22. The van der Waals surface area contributed by atoms with Crippen molar-refractivity contribution in [2.24, 2.45) is 0 Å². The Kier molecular flexibility index (Phi) is 6.55. The first-order chi connectivity index (χ1) is 15.5. The highest BCUT2D eigenvalue weighted by Gasteiger charge is 2.25. The molecule has 4 rings (SSSR count). The summed E-state index contributed by atoms with van der Waals surface area (Å²) < 4.78 is 1.57. The number of aliphatic hydroxyl groups excluding tert-OH is 1. The van der Waals surface area contributed by atoms with Crippen LogP contribution in [0.3, 0.4) is 0 Å². The molecule has 0 spiro atoms. The number of hydrogen-bond acceptors (Lipinski definition) is 7. The summed E-state index contributed by atoms with van der Waals surface area (Å²) in [5.41, 5.74) is 3.45. The number of carbonyl (C=O) groups is 1. The van der Waals surface area contributed by atoms with Crippen LogP contribution in [0.2, 0.25) is 0 Å². The quantitative estimate of drug-likeness (QED) is 0.384. The summed E-state index contributed by atoms with van der Waals surface area (Å²) in [7, 11) is 0. The van der Waals surface area contributed by atoms with Crippen molar-refractivity contribution in [3.05, 3.63) is 42.0 Å². The summed E-state index contributed by atoms with van der Waals surface area (Å²) in [6, 6.07) is 3.97. The van der Waals surface area contributed by atoms with E-state index in [1.165, 1.54) is 0 Å². The number of aliphatic hydroxyl groups is 1. The SMILES string of the molecule is CCc1cnccc1NC(=O)c1cnc2c(NC3CC3)cc(N[C@H](CC)[C@H](O)CC)nn12. The number of rotatable bonds is 10. The minimum Gasteiger partial charge on any atom is -0.391 e. The van der Waals surface area contributed by atoms with Gasteiger partial charge in [0.25, 0.3) is 5.91 Å². The summed E-state index contributed by atoms with van der Waals surface area (Å²) in [6.07, 6.45) is 8.85. The lowest BCUT2D eigenvalue weighted by Crippen LogP contribution is -2.33. The monoisotopic (exact) mass is 437 g/mol. The van der Waals surface area contributed by atoms with E-state index in [0.717, 1.165) is 42.6 Å². The van der Waals surface area contributed by atoms with Gasteiger partial charge in [-0.15, -0.1) is 5.10 Å². The van der Waals surface area contributed by atoms with Gasteiger partial charge in [-0.2, -0.15) is 0 Å². The standard InChI is InChI=1S/C23H31N7O2/c1-4-14-12-24-10-9-17(14)28-23(32)19-13-25-22-18(26-15-7-8-15)11-21(29-30(19)22)27-16(5-2)20(31)6-3/h9-13,15-16,20,26,31H,4-8H2,1-3H3,(H,27,29)(H,24,28,32)/t16-,20-/m1/s1. The maximum atomic E-state index is 13.1. The van der Waals surface area contributed by atoms with Gasteiger partial charge in [0.1, 0.15) is 5.82 Å². The first kappa shape index (κ1) is 22.0. The topological polar surface area (TPSA) is 116 Å². The predicted molar refractivity (Wildman–Crippen MR) is 125 cm³/mol. The van der Waals surface area contributed by atoms with Crippen LogP contribution in [-0.4, -0.2) is 48.8 Å². The molecule has 2 atom stereocenters. The van der Waals surface area contributed by atoms with E-state index in [1.807, 2.05) is 26.8 Å². The lowest BCUT2D eigenvalue weighted by atomic mass is 10.1. The van der Waals surface area contributed by atoms with E-state index in [0.29, 0.717) is 29.6 Å². The average molecular weight is 438 g/mol. The van der Waals surface area contributed by atoms with Crippen molar-refractivity contribution in [2.75, 3.05) is 16.0 Å². The van der Waals surface area contributed by atoms with E-state index in [2.05, 4.69) is 31.0 Å². The number of amides is 1. The normalized spacial score (nSPS) is 15.4. The second-order valence-electron chi connectivity index (χ2n) is 8.22. The van der Waals surface area contributed by atoms with E-state index >= 15 is 0 Å². The van der Waals surface area contributed by atoms with Crippen molar-refractivity contribution in [1.29, 1.82) is 0 Å². The van der Waals surface area contributed by atoms with Crippen molar-refractivity contribution in [1.82, 2.24) is 19.6 Å². The van der Waals surface area contributed by atoms with Crippen molar-refractivity contribution in [3.63, 3.8) is 0 Å². The Bertz CT molecular complexity index is 1090. The highest BCUT2D eigenvalue weighted by atomic mass is 16.3. The molecule has 0 radical (unpaired) electrons. The third-order valence-electron chi connectivity index (χ3n) is 5.83. The fourth-order valence-electron chi connectivity index (χ4n) is 3.71. The number of nitrogens with zero attached hydrogens (tertiary/aromatic N) is 4. The van der Waals surface area contributed by atoms with Gasteiger partial charge in [-0.25, -0.2) is 9.50 Å². The number of imidazole rings is 1. The van der Waals surface area contributed by atoms with E-state index in [9.17, 15) is 9.90 Å². The first-order valence-corrected chi connectivity index (χ1v) is 11.4. The number of pyridine rings is 1. The number of anilines is 3. The van der Waals surface area contributed by atoms with Crippen LogP contribution in [0, 0.1) is 0 Å². The van der Waals surface area contributed by atoms with Gasteiger partial charge in [0, 0.05) is 30.2 Å². The Labute approximate surface area is 187 Å². The zero-order valence-electron chi connectivity index (χ0n) is 18.8. The van der Waals surface area contributed by atoms with Gasteiger partial charge in [-0.1, -0.05) is 20.8 Å². The predicted octanol–water partition coefficient (Wildman–Crippen LogP) is 3.47. The molecule has 0 unspecified atom stereocenters. The molecule has 1 saturated carbocycles. The van der Waals surface area contributed by atoms with Crippen LogP contribution < -0.4 is 16.0 Å². The van der Waals surface area contributed by atoms with Gasteiger partial charge in [0.15, 0.2) is 11.3 Å². The van der Waals surface area contributed by atoms with Gasteiger partial charge in [0.05, 0.1) is 24.0 Å². The molecule has 1 fully saturated rings. The summed E-state index contributed by atoms with van der Waals surface area (Å²) in [5.74, 6) is 0.297. The van der Waals surface area contributed by atoms with Gasteiger partial charge in [-0.3, -0.25) is 9.78 Å². The number of fused-ring (bicyclic) bond motifs is 1. The van der Waals surface area contributed by atoms with Crippen LogP contribution in [0.1, 0.15) is 62.5 Å². The lowest BCUT2D eigenvalue weighted by molar-refractivity contribution is 0.102. The molecule has 32 heavy (non-hydrogen) atoms. The van der Waals surface area contributed by atoms with Crippen molar-refractivity contribution < 1.29 is 9.90 Å². The van der Waals surface area contributed by atoms with E-state index in [-0.39, 0.29) is 11.9 Å². The molecular weight excluding hydrogens is 406 g/mol. The zero-order valence-corrected chi connectivity index (χ0v) is 18.8. The minimum absolute atomic E-state index is 0.136. The number of hydrogen-bond donors (Lipinski definition) is 4. The molecule has 3 heterocycles.